The van der Waals surface area contributed by atoms with Crippen LogP contribution in [0.3, 0.4) is 0 Å². The highest BCUT2D eigenvalue weighted by molar-refractivity contribution is 6.14. The van der Waals surface area contributed by atoms with E-state index in [-0.39, 0.29) is 6.17 Å². The van der Waals surface area contributed by atoms with Gasteiger partial charge in [0, 0.05) is 34.6 Å². The Morgan fingerprint density at radius 2 is 1.16 bits per heavy atom. The maximum absolute atomic E-state index is 5.30. The van der Waals surface area contributed by atoms with Gasteiger partial charge >= 0.3 is 0 Å². The first-order valence-corrected chi connectivity index (χ1v) is 14.9. The van der Waals surface area contributed by atoms with E-state index in [9.17, 15) is 0 Å². The number of rotatable bonds is 5. The molecule has 1 aliphatic heterocycles. The lowest BCUT2D eigenvalue weighted by Crippen LogP contribution is -2.25. The molecule has 0 aliphatic carbocycles. The largest absolute Gasteiger partial charge is 0.360 e. The topological polar surface area (TPSA) is 37.3 Å². The van der Waals surface area contributed by atoms with Crippen LogP contribution >= 0.6 is 0 Å². The third-order valence-corrected chi connectivity index (χ3v) is 8.35. The Morgan fingerprint density at radius 3 is 2.05 bits per heavy atom. The van der Waals surface area contributed by atoms with Gasteiger partial charge in [-0.15, -0.1) is 0 Å². The van der Waals surface area contributed by atoms with Crippen LogP contribution < -0.4 is 5.32 Å². The molecular formula is C41H29N3. The molecule has 1 atom stereocenters. The fourth-order valence-electron chi connectivity index (χ4n) is 6.08. The van der Waals surface area contributed by atoms with Crippen molar-refractivity contribution in [2.75, 3.05) is 0 Å². The van der Waals surface area contributed by atoms with Gasteiger partial charge in [-0.25, -0.2) is 0 Å². The van der Waals surface area contributed by atoms with Gasteiger partial charge in [-0.1, -0.05) is 127 Å². The molecule has 1 aromatic heterocycles. The molecule has 6 aromatic carbocycles. The lowest BCUT2D eigenvalue weighted by Gasteiger charge is -2.25. The van der Waals surface area contributed by atoms with Gasteiger partial charge in [0.2, 0.25) is 0 Å². The molecule has 0 spiro atoms. The molecule has 44 heavy (non-hydrogen) atoms. The quantitative estimate of drug-likeness (QED) is 0.226. The normalized spacial score (nSPS) is 14.6. The van der Waals surface area contributed by atoms with Crippen LogP contribution in [0.15, 0.2) is 169 Å². The molecule has 1 N–H and O–H groups in total. The summed E-state index contributed by atoms with van der Waals surface area (Å²) in [5.41, 5.74) is 9.92. The van der Waals surface area contributed by atoms with Gasteiger partial charge in [0.1, 0.15) is 6.17 Å². The van der Waals surface area contributed by atoms with E-state index in [2.05, 4.69) is 162 Å². The molecule has 3 nitrogen and oxygen atoms in total. The lowest BCUT2D eigenvalue weighted by atomic mass is 9.95. The number of benzene rings is 6. The van der Waals surface area contributed by atoms with Gasteiger partial charge < -0.3 is 5.32 Å². The molecule has 0 fully saturated rings. The summed E-state index contributed by atoms with van der Waals surface area (Å²) < 4.78 is 0. The number of aliphatic imine (C=N–C) groups is 1. The van der Waals surface area contributed by atoms with Gasteiger partial charge in [0.15, 0.2) is 0 Å². The van der Waals surface area contributed by atoms with Crippen molar-refractivity contribution in [2.24, 2.45) is 4.99 Å². The molecule has 208 valence electrons. The van der Waals surface area contributed by atoms with E-state index in [1.807, 2.05) is 12.4 Å². The van der Waals surface area contributed by atoms with E-state index in [0.29, 0.717) is 0 Å². The monoisotopic (exact) mass is 563 g/mol. The molecule has 0 bridgehead atoms. The van der Waals surface area contributed by atoms with E-state index >= 15 is 0 Å². The minimum absolute atomic E-state index is 0.238. The second-order valence-corrected chi connectivity index (χ2v) is 11.2. The second-order valence-electron chi connectivity index (χ2n) is 11.2. The number of fused-ring (bicyclic) bond motifs is 2. The van der Waals surface area contributed by atoms with Crippen molar-refractivity contribution >= 4 is 33.0 Å². The summed E-state index contributed by atoms with van der Waals surface area (Å²) in [6.45, 7) is 0. The first-order valence-electron chi connectivity index (χ1n) is 14.9. The third-order valence-electron chi connectivity index (χ3n) is 8.35. The van der Waals surface area contributed by atoms with Crippen LogP contribution in [0.1, 0.15) is 22.9 Å². The van der Waals surface area contributed by atoms with Crippen LogP contribution in [0.2, 0.25) is 0 Å². The van der Waals surface area contributed by atoms with Crippen LogP contribution in [0.4, 0.5) is 0 Å². The van der Waals surface area contributed by atoms with Gasteiger partial charge in [-0.05, 0) is 68.3 Å². The standard InChI is InChI=1S/C41H29N3/c1-2-10-28(11-3-1)31-15-8-17-33(22-31)39-25-40(44-41(43-39)35-21-20-29-12-4-5-13-30(29)23-35)34-18-9-16-32(24-34)38-27-42-26-36-14-6-7-19-37(36)38/h1-27,41,43H. The summed E-state index contributed by atoms with van der Waals surface area (Å²) in [5.74, 6) is 0. The van der Waals surface area contributed by atoms with Crippen LogP contribution in [0.5, 0.6) is 0 Å². The molecule has 0 saturated heterocycles. The van der Waals surface area contributed by atoms with Crippen LogP contribution in [0.25, 0.3) is 49.5 Å². The molecule has 0 saturated carbocycles. The zero-order valence-corrected chi connectivity index (χ0v) is 24.1. The Hall–Kier alpha value is -5.80. The number of pyridine rings is 1. The summed E-state index contributed by atoms with van der Waals surface area (Å²) in [4.78, 5) is 9.84. The highest BCUT2D eigenvalue weighted by atomic mass is 15.1. The summed E-state index contributed by atoms with van der Waals surface area (Å²) in [5, 5.41) is 8.51. The zero-order valence-electron chi connectivity index (χ0n) is 24.1. The molecule has 1 aliphatic rings. The number of aromatic nitrogens is 1. The Kier molecular flexibility index (Phi) is 6.54. The summed E-state index contributed by atoms with van der Waals surface area (Å²) in [6, 6.07) is 51.4. The van der Waals surface area contributed by atoms with Crippen LogP contribution in [-0.2, 0) is 0 Å². The van der Waals surface area contributed by atoms with Crippen LogP contribution in [0, 0.1) is 0 Å². The van der Waals surface area contributed by atoms with Gasteiger partial charge in [-0.2, -0.15) is 0 Å². The predicted octanol–water partition coefficient (Wildman–Crippen LogP) is 9.85. The molecule has 3 heteroatoms. The number of allylic oxidation sites excluding steroid dienone is 1. The first kappa shape index (κ1) is 25.9. The van der Waals surface area contributed by atoms with Crippen molar-refractivity contribution in [3.05, 3.63) is 181 Å². The smallest absolute Gasteiger partial charge is 0.145 e. The Balaban J connectivity index is 1.25. The summed E-state index contributed by atoms with van der Waals surface area (Å²) in [7, 11) is 0. The van der Waals surface area contributed by atoms with Crippen molar-refractivity contribution in [3.63, 3.8) is 0 Å². The fourth-order valence-corrected chi connectivity index (χ4v) is 6.08. The van der Waals surface area contributed by atoms with Crippen molar-refractivity contribution < 1.29 is 0 Å². The molecular weight excluding hydrogens is 534 g/mol. The number of nitrogens with zero attached hydrogens (tertiary/aromatic N) is 2. The number of nitrogens with one attached hydrogen (secondary N) is 1. The minimum atomic E-state index is -0.238. The minimum Gasteiger partial charge on any atom is -0.360 e. The molecule has 1 unspecified atom stereocenters. The summed E-state index contributed by atoms with van der Waals surface area (Å²) >= 11 is 0. The van der Waals surface area contributed by atoms with Crippen molar-refractivity contribution in [1.82, 2.24) is 10.3 Å². The third kappa shape index (κ3) is 4.95. The average Bonchev–Trinajstić information content (AvgIpc) is 3.11. The van der Waals surface area contributed by atoms with Crippen molar-refractivity contribution in [2.45, 2.75) is 6.17 Å². The second kappa shape index (κ2) is 11.1. The van der Waals surface area contributed by atoms with E-state index in [1.165, 1.54) is 27.3 Å². The highest BCUT2D eigenvalue weighted by Gasteiger charge is 2.21. The highest BCUT2D eigenvalue weighted by Crippen LogP contribution is 2.32. The van der Waals surface area contributed by atoms with Gasteiger partial charge in [-0.3, -0.25) is 9.98 Å². The lowest BCUT2D eigenvalue weighted by molar-refractivity contribution is 0.665. The Morgan fingerprint density at radius 1 is 0.477 bits per heavy atom. The number of hydrogen-bond acceptors (Lipinski definition) is 3. The van der Waals surface area contributed by atoms with Crippen molar-refractivity contribution in [1.29, 1.82) is 0 Å². The molecule has 8 rings (SSSR count). The van der Waals surface area contributed by atoms with Gasteiger partial charge in [0.05, 0.1) is 5.71 Å². The van der Waals surface area contributed by atoms with Gasteiger partial charge in [0.25, 0.3) is 0 Å². The Bertz CT molecular complexity index is 2210. The van der Waals surface area contributed by atoms with Crippen molar-refractivity contribution in [3.8, 4) is 22.3 Å². The van der Waals surface area contributed by atoms with Crippen LogP contribution in [-0.4, -0.2) is 10.7 Å². The zero-order chi connectivity index (χ0) is 29.3. The van der Waals surface area contributed by atoms with E-state index in [0.717, 1.165) is 44.6 Å². The number of hydrogen-bond donors (Lipinski definition) is 1. The predicted molar refractivity (Wildman–Crippen MR) is 183 cm³/mol. The molecule has 2 heterocycles. The van der Waals surface area contributed by atoms with E-state index in [1.54, 1.807) is 0 Å². The van der Waals surface area contributed by atoms with E-state index in [4.69, 9.17) is 4.99 Å². The molecule has 0 radical (unpaired) electrons. The first-order chi connectivity index (χ1) is 21.8. The van der Waals surface area contributed by atoms with E-state index < -0.39 is 0 Å². The molecule has 7 aromatic rings. The maximum atomic E-state index is 5.30. The Labute approximate surface area is 256 Å². The maximum Gasteiger partial charge on any atom is 0.145 e. The average molecular weight is 564 g/mol. The fraction of sp³-hybridized carbons (Fsp3) is 0.0244. The summed E-state index contributed by atoms with van der Waals surface area (Å²) in [6.07, 6.45) is 5.83. The molecule has 0 amide bonds. The SMILES string of the molecule is C1=C(c2cccc(-c3ccccc3)c2)NC(c2ccc3ccccc3c2)N=C1c1cccc(-c2cncc3ccccc23)c1.